The van der Waals surface area contributed by atoms with E-state index in [2.05, 4.69) is 11.1 Å². The highest BCUT2D eigenvalue weighted by Crippen LogP contribution is 1.69. The third kappa shape index (κ3) is 61.0. The number of hydrogen-bond donors (Lipinski definition) is 0. The lowest BCUT2D eigenvalue weighted by Gasteiger charge is -1.42. The largest absolute Gasteiger partial charge is 0.595 e. The Morgan fingerprint density at radius 3 is 2.00 bits per heavy atom. The van der Waals surface area contributed by atoms with Crippen LogP contribution in [0.3, 0.4) is 0 Å². The summed E-state index contributed by atoms with van der Waals surface area (Å²) in [5.41, 5.74) is 0. The Morgan fingerprint density at radius 1 is 2.00 bits per heavy atom. The van der Waals surface area contributed by atoms with Crippen LogP contribution in [0.2, 0.25) is 0 Å². The Balaban J connectivity index is 2.80. The summed E-state index contributed by atoms with van der Waals surface area (Å²) in [7, 11) is -3.16. The summed E-state index contributed by atoms with van der Waals surface area (Å²) in [6.07, 6.45) is 0. The first kappa shape index (κ1) is 4.24. The van der Waals surface area contributed by atoms with E-state index in [1.165, 1.54) is 0 Å². The summed E-state index contributed by atoms with van der Waals surface area (Å²) in [4.78, 5) is 0. The summed E-state index contributed by atoms with van der Waals surface area (Å²) in [6, 6.07) is 0. The van der Waals surface area contributed by atoms with Crippen LogP contribution in [-0.4, -0.2) is 8.33 Å². The van der Waals surface area contributed by atoms with E-state index in [1.54, 1.807) is 0 Å². The molecule has 0 fully saturated rings. The summed E-state index contributed by atoms with van der Waals surface area (Å²) in [5, 5.41) is 0. The molecular weight excluding hydrogens is 98.5 g/mol. The maximum Gasteiger partial charge on any atom is 0.595 e. The van der Waals surface area contributed by atoms with E-state index in [-0.39, 0.29) is 0 Å². The maximum absolute atomic E-state index is 10.3. The van der Waals surface area contributed by atoms with Gasteiger partial charge in [0, 0.05) is 0 Å². The highest BCUT2D eigenvalue weighted by atomic mass is 35.6. The summed E-state index contributed by atoms with van der Waals surface area (Å²) in [5.74, 6) is 0. The van der Waals surface area contributed by atoms with Gasteiger partial charge in [-0.25, -0.2) is 4.11 Å². The van der Waals surface area contributed by atoms with Gasteiger partial charge in [-0.3, -0.25) is 0 Å². The van der Waals surface area contributed by atoms with Crippen LogP contribution in [-0.2, 0) is 4.46 Å². The molecule has 0 aliphatic heterocycles. The molecule has 24 valence electrons. The van der Waals surface area contributed by atoms with Crippen LogP contribution in [0.4, 0.5) is 4.11 Å². The molecule has 0 spiro atoms. The van der Waals surface area contributed by atoms with Crippen molar-refractivity contribution in [1.82, 2.24) is 0 Å². The molecule has 0 atom stereocenters. The molecule has 0 aromatic heterocycles. The van der Waals surface area contributed by atoms with E-state index in [0.717, 1.165) is 0 Å². The Hall–Kier alpha value is 0.237. The standard InChI is InChI=1S/ClFOSi/c1-4(2)3. The highest BCUT2D eigenvalue weighted by Gasteiger charge is 1.84. The van der Waals surface area contributed by atoms with E-state index in [4.69, 9.17) is 4.46 Å². The fraction of sp³-hybridized carbons (Fsp3) is 0. The first-order valence-corrected chi connectivity index (χ1v) is 2.88. The lowest BCUT2D eigenvalue weighted by molar-refractivity contribution is 0.535. The van der Waals surface area contributed by atoms with Crippen LogP contribution in [0, 0.1) is 0 Å². The first-order valence-electron chi connectivity index (χ1n) is 0.582. The minimum Gasteiger partial charge on any atom is -0.324 e. The quantitative estimate of drug-likeness (QED) is 0.321. The van der Waals surface area contributed by atoms with Gasteiger partial charge in [-0.1, -0.05) is 11.1 Å². The average molecular weight is 98.5 g/mol. The molecule has 4 heavy (non-hydrogen) atoms. The molecule has 1 nitrogen and oxygen atoms in total. The van der Waals surface area contributed by atoms with Crippen molar-refractivity contribution in [2.24, 2.45) is 0 Å². The Labute approximate surface area is 28.9 Å². The number of halogens is 2. The van der Waals surface area contributed by atoms with Crippen molar-refractivity contribution in [2.45, 2.75) is 0 Å². The van der Waals surface area contributed by atoms with Gasteiger partial charge in [-0.2, -0.15) is 0 Å². The van der Waals surface area contributed by atoms with Gasteiger partial charge in [0.2, 0.25) is 0 Å². The zero-order valence-electron chi connectivity index (χ0n) is 1.66. The Kier molecular flexibility index (Phi) is 1.64. The van der Waals surface area contributed by atoms with Crippen LogP contribution >= 0.6 is 11.1 Å². The van der Waals surface area contributed by atoms with Crippen molar-refractivity contribution in [3.05, 3.63) is 0 Å². The van der Waals surface area contributed by atoms with Gasteiger partial charge in [-0.05, 0) is 0 Å². The minimum atomic E-state index is -3.16. The van der Waals surface area contributed by atoms with Crippen LogP contribution in [0.5, 0.6) is 0 Å². The molecule has 0 aromatic carbocycles. The molecule has 0 aliphatic rings. The minimum absolute atomic E-state index is 3.16. The van der Waals surface area contributed by atoms with Gasteiger partial charge < -0.3 is 4.46 Å². The second kappa shape index (κ2) is 1.55. The molecule has 0 rings (SSSR count). The predicted molar refractivity (Wildman–Crippen MR) is 13.4 cm³/mol. The van der Waals surface area contributed by atoms with Crippen molar-refractivity contribution in [3.63, 3.8) is 0 Å². The fourth-order valence-electron chi connectivity index (χ4n) is 0. The normalized spacial score (nSPS) is 6.50. The van der Waals surface area contributed by atoms with E-state index >= 15 is 0 Å². The average Bonchev–Trinajstić information content (AvgIpc) is 0.811. The lowest BCUT2D eigenvalue weighted by Crippen LogP contribution is -1.63. The van der Waals surface area contributed by atoms with Crippen molar-refractivity contribution in [1.29, 1.82) is 0 Å². The fourth-order valence-corrected chi connectivity index (χ4v) is 0. The van der Waals surface area contributed by atoms with Crippen molar-refractivity contribution >= 4 is 19.4 Å². The van der Waals surface area contributed by atoms with Gasteiger partial charge in [-0.15, -0.1) is 0 Å². The molecule has 0 amide bonds. The number of hydrogen-bond acceptors (Lipinski definition) is 1. The van der Waals surface area contributed by atoms with Crippen LogP contribution in [0.25, 0.3) is 0 Å². The maximum atomic E-state index is 10.3. The van der Waals surface area contributed by atoms with Crippen LogP contribution in [0.1, 0.15) is 0 Å². The smallest absolute Gasteiger partial charge is 0.324 e. The third-order valence-electron chi connectivity index (χ3n) is 0. The summed E-state index contributed by atoms with van der Waals surface area (Å²) < 4.78 is 19.0. The van der Waals surface area contributed by atoms with E-state index in [0.29, 0.717) is 0 Å². The molecule has 4 heteroatoms. The van der Waals surface area contributed by atoms with E-state index < -0.39 is 8.33 Å². The van der Waals surface area contributed by atoms with Gasteiger partial charge in [0.15, 0.2) is 0 Å². The zero-order valence-corrected chi connectivity index (χ0v) is 3.42. The lowest BCUT2D eigenvalue weighted by atomic mass is 16.0. The van der Waals surface area contributed by atoms with Crippen molar-refractivity contribution in [2.75, 3.05) is 0 Å². The van der Waals surface area contributed by atoms with Gasteiger partial charge >= 0.3 is 8.33 Å². The Bertz CT molecular complexity index is 31.0. The number of rotatable bonds is 0. The van der Waals surface area contributed by atoms with Crippen LogP contribution in [0.15, 0.2) is 0 Å². The van der Waals surface area contributed by atoms with E-state index in [9.17, 15) is 4.11 Å². The zero-order chi connectivity index (χ0) is 3.58. The van der Waals surface area contributed by atoms with E-state index in [1.807, 2.05) is 0 Å². The van der Waals surface area contributed by atoms with Crippen LogP contribution < -0.4 is 0 Å². The molecule has 0 unspecified atom stereocenters. The topological polar surface area (TPSA) is 17.1 Å². The summed E-state index contributed by atoms with van der Waals surface area (Å²) in [6.45, 7) is 0. The highest BCUT2D eigenvalue weighted by molar-refractivity contribution is 6.93. The predicted octanol–water partition coefficient (Wildman–Crippen LogP) is 0.610. The second-order valence-electron chi connectivity index (χ2n) is 0.226. The van der Waals surface area contributed by atoms with Gasteiger partial charge in [0.05, 0.1) is 0 Å². The van der Waals surface area contributed by atoms with Crippen molar-refractivity contribution < 1.29 is 8.57 Å². The molecule has 0 bridgehead atoms. The Morgan fingerprint density at radius 2 is 2.00 bits per heavy atom. The second-order valence-corrected chi connectivity index (χ2v) is 1.57. The van der Waals surface area contributed by atoms with Crippen molar-refractivity contribution in [3.8, 4) is 0 Å². The van der Waals surface area contributed by atoms with Gasteiger partial charge in [0.25, 0.3) is 0 Å². The molecule has 0 N–H and O–H groups in total. The molecule has 0 saturated heterocycles. The summed E-state index contributed by atoms with van der Waals surface area (Å²) >= 11 is 4.15. The molecule has 0 aromatic rings. The van der Waals surface area contributed by atoms with Gasteiger partial charge in [0.1, 0.15) is 0 Å². The molecular formula is ClFOSi. The SMILES string of the molecule is O=[Si](F)Cl. The first-order chi connectivity index (χ1) is 1.73. The monoisotopic (exact) mass is 97.9 g/mol. The third-order valence-corrected chi connectivity index (χ3v) is 0. The molecule has 0 heterocycles. The molecule has 0 saturated carbocycles. The molecule has 0 radical (unpaired) electrons. The molecule has 0 aliphatic carbocycles.